The predicted molar refractivity (Wildman–Crippen MR) is 403 cm³/mol. The highest BCUT2D eigenvalue weighted by Gasteiger charge is 2.59. The Bertz CT molecular complexity index is 1110. The summed E-state index contributed by atoms with van der Waals surface area (Å²) >= 11 is 0. The summed E-state index contributed by atoms with van der Waals surface area (Å²) in [5.41, 5.74) is 1.88. The molecule has 0 N–H and O–H groups in total. The lowest BCUT2D eigenvalue weighted by atomic mass is 9.41. The predicted octanol–water partition coefficient (Wildman–Crippen LogP) is 31.9. The van der Waals surface area contributed by atoms with Crippen LogP contribution in [0.1, 0.15) is 431 Å². The van der Waals surface area contributed by atoms with Crippen molar-refractivity contribution < 1.29 is 0 Å². The zero-order valence-corrected chi connectivity index (χ0v) is 57.6. The van der Waals surface area contributed by atoms with Crippen molar-refractivity contribution in [3.05, 3.63) is 0 Å². The molecule has 0 aromatic rings. The van der Waals surface area contributed by atoms with Crippen molar-refractivity contribution in [3.8, 4) is 0 Å². The van der Waals surface area contributed by atoms with E-state index in [1.54, 1.807) is 116 Å². The van der Waals surface area contributed by atoms with E-state index >= 15 is 0 Å². The first-order valence-electron chi connectivity index (χ1n) is 36.2. The van der Waals surface area contributed by atoms with Gasteiger partial charge in [0.2, 0.25) is 0 Å². The highest BCUT2D eigenvalue weighted by molar-refractivity contribution is 5.07. The molecule has 84 heavy (non-hydrogen) atoms. The Morgan fingerprint density at radius 2 is 0.357 bits per heavy atom. The van der Waals surface area contributed by atoms with E-state index in [-0.39, 0.29) is 59.4 Å². The molecule has 520 valence electrons. The Balaban J connectivity index is -0.000000135. The van der Waals surface area contributed by atoms with Gasteiger partial charge in [0.25, 0.3) is 0 Å². The summed E-state index contributed by atoms with van der Waals surface area (Å²) in [7, 11) is 0. The van der Waals surface area contributed by atoms with Gasteiger partial charge < -0.3 is 0 Å². The Morgan fingerprint density at radius 3 is 0.417 bits per heavy atom. The van der Waals surface area contributed by atoms with Gasteiger partial charge in [0.1, 0.15) is 0 Å². The molecule has 0 heterocycles. The van der Waals surface area contributed by atoms with Crippen molar-refractivity contribution in [2.75, 3.05) is 0 Å². The van der Waals surface area contributed by atoms with E-state index < -0.39 is 0 Å². The minimum absolute atomic E-state index is 0. The minimum Gasteiger partial charge on any atom is -0.0776 e. The molecule has 0 aromatic heterocycles. The molecule has 8 saturated carbocycles. The molecule has 0 heteroatoms. The molecule has 0 nitrogen and oxygen atoms in total. The summed E-state index contributed by atoms with van der Waals surface area (Å²) in [6.45, 7) is 52.9. The zero-order valence-electron chi connectivity index (χ0n) is 57.6. The SMILES string of the molecule is C.C.C.C.C.C.C.C.CC1C(C2CCC2)C(C2CCC2)C1C1CCC1.CC1C(C2CCC2)C(C2CCC2)C1C1CCC1.CCC(C)(CC)CC.CCC(C)(CC)CC.CCC(C)(CC)CC.CCC(C)CC.CCC(C)CC.CCC(C)CC. The van der Waals surface area contributed by atoms with Gasteiger partial charge in [0.05, 0.1) is 0 Å². The smallest absolute Gasteiger partial charge is 0.0318 e. The summed E-state index contributed by atoms with van der Waals surface area (Å²) in [6, 6.07) is 0. The molecule has 8 fully saturated rings. The second-order valence-corrected chi connectivity index (χ2v) is 29.7. The first-order chi connectivity index (χ1) is 36.2. The monoisotopic (exact) mass is 1190 g/mol. The van der Waals surface area contributed by atoms with Crippen LogP contribution >= 0.6 is 0 Å². The van der Waals surface area contributed by atoms with Gasteiger partial charge in [-0.05, 0) is 117 Å². The quantitative estimate of drug-likeness (QED) is 0.107. The van der Waals surface area contributed by atoms with Crippen molar-refractivity contribution in [1.29, 1.82) is 0 Å². The molecule has 0 radical (unpaired) electrons. The third-order valence-electron chi connectivity index (χ3n) is 26.2. The fourth-order valence-electron chi connectivity index (χ4n) is 14.4. The Kier molecular flexibility index (Phi) is 64.0. The normalized spacial score (nSPS) is 24.9. The van der Waals surface area contributed by atoms with E-state index in [9.17, 15) is 0 Å². The molecule has 8 aliphatic rings. The lowest BCUT2D eigenvalue weighted by Crippen LogP contribution is -2.57. The highest BCUT2D eigenvalue weighted by atomic mass is 14.6. The molecule has 0 aliphatic heterocycles. The first-order valence-corrected chi connectivity index (χ1v) is 36.2. The van der Waals surface area contributed by atoms with Crippen LogP contribution < -0.4 is 0 Å². The lowest BCUT2D eigenvalue weighted by Gasteiger charge is -2.64. The molecule has 0 saturated heterocycles. The molecule has 0 bridgehead atoms. The van der Waals surface area contributed by atoms with Crippen molar-refractivity contribution in [1.82, 2.24) is 0 Å². The molecule has 0 aromatic carbocycles. The second-order valence-electron chi connectivity index (χ2n) is 29.7. The molecular formula is C84H184. The lowest BCUT2D eigenvalue weighted by molar-refractivity contribution is -0.153. The van der Waals surface area contributed by atoms with Gasteiger partial charge in [-0.25, -0.2) is 0 Å². The molecular weight excluding hydrogens is 1010 g/mol. The maximum atomic E-state index is 2.61. The molecule has 4 atom stereocenters. The summed E-state index contributed by atoms with van der Waals surface area (Å²) in [4.78, 5) is 0. The van der Waals surface area contributed by atoms with Gasteiger partial charge in [0.15, 0.2) is 0 Å². The summed E-state index contributed by atoms with van der Waals surface area (Å²) in [6.07, 6.45) is 48.1. The van der Waals surface area contributed by atoms with Gasteiger partial charge in [-0.2, -0.15) is 0 Å². The van der Waals surface area contributed by atoms with Crippen molar-refractivity contribution in [2.24, 2.45) is 117 Å². The van der Waals surface area contributed by atoms with Crippen LogP contribution in [0.3, 0.4) is 0 Å². The molecule has 8 rings (SSSR count). The van der Waals surface area contributed by atoms with Crippen LogP contribution in [0.4, 0.5) is 0 Å². The van der Waals surface area contributed by atoms with E-state index in [2.05, 4.69) is 159 Å². The highest BCUT2D eigenvalue weighted by Crippen LogP contribution is 2.66. The van der Waals surface area contributed by atoms with Crippen molar-refractivity contribution in [3.63, 3.8) is 0 Å². The van der Waals surface area contributed by atoms with Gasteiger partial charge >= 0.3 is 0 Å². The maximum Gasteiger partial charge on any atom is -0.0318 e. The van der Waals surface area contributed by atoms with Gasteiger partial charge in [-0.1, -0.05) is 431 Å². The van der Waals surface area contributed by atoms with Crippen LogP contribution in [0.25, 0.3) is 0 Å². The van der Waals surface area contributed by atoms with Crippen LogP contribution in [0.2, 0.25) is 0 Å². The van der Waals surface area contributed by atoms with E-state index in [0.717, 1.165) is 53.3 Å². The maximum absolute atomic E-state index is 2.61. The standard InChI is InChI=1S/2C17H28.3C8H18.3C6H14.8CH4/c2*1-11-15(12-5-2-6-12)17(14-9-4-10-14)16(11)13-7-3-8-13;3*1-5-8(4,6-2)7-3;3*1-4-6(3)5-2;;;;;;;;/h2*11-17H,2-10H2,1H3;3*5-7H2,1-4H3;3*6H,4-5H2,1-3H3;8*1H4. The number of hydrogen-bond acceptors (Lipinski definition) is 0. The fraction of sp³-hybridized carbons (Fsp3) is 1.00. The van der Waals surface area contributed by atoms with Crippen LogP contribution in [0.15, 0.2) is 0 Å². The molecule has 4 unspecified atom stereocenters. The topological polar surface area (TPSA) is 0 Å². The fourth-order valence-corrected chi connectivity index (χ4v) is 14.4. The number of hydrogen-bond donors (Lipinski definition) is 0. The largest absolute Gasteiger partial charge is 0.0776 e. The summed E-state index contributed by atoms with van der Waals surface area (Å²) in [5, 5.41) is 0. The van der Waals surface area contributed by atoms with Crippen LogP contribution in [0.5, 0.6) is 0 Å². The van der Waals surface area contributed by atoms with Gasteiger partial charge in [-0.15, -0.1) is 0 Å². The average molecular weight is 1190 g/mol. The second kappa shape index (κ2) is 53.6. The Labute approximate surface area is 544 Å². The Morgan fingerprint density at radius 1 is 0.238 bits per heavy atom. The molecule has 0 amide bonds. The third kappa shape index (κ3) is 31.4. The molecule has 8 aliphatic carbocycles. The summed E-state index contributed by atoms with van der Waals surface area (Å²) in [5.74, 6) is 19.0. The third-order valence-corrected chi connectivity index (χ3v) is 26.2. The van der Waals surface area contributed by atoms with Gasteiger partial charge in [-0.3, -0.25) is 0 Å². The van der Waals surface area contributed by atoms with Crippen molar-refractivity contribution in [2.45, 2.75) is 431 Å². The first kappa shape index (κ1) is 100. The van der Waals surface area contributed by atoms with E-state index in [1.165, 1.54) is 144 Å². The average Bonchev–Trinajstić information content (AvgIpc) is 3.38. The zero-order chi connectivity index (χ0) is 57.6. The minimum atomic E-state index is 0. The van der Waals surface area contributed by atoms with Crippen LogP contribution in [-0.2, 0) is 0 Å². The van der Waals surface area contributed by atoms with E-state index in [1.807, 2.05) is 0 Å². The molecule has 0 spiro atoms. The Hall–Kier alpha value is 0. The van der Waals surface area contributed by atoms with Crippen LogP contribution in [0, 0.1) is 117 Å². The van der Waals surface area contributed by atoms with E-state index in [4.69, 9.17) is 0 Å². The van der Waals surface area contributed by atoms with E-state index in [0.29, 0.717) is 16.2 Å². The van der Waals surface area contributed by atoms with Gasteiger partial charge in [0, 0.05) is 0 Å². The van der Waals surface area contributed by atoms with Crippen LogP contribution in [-0.4, -0.2) is 0 Å². The van der Waals surface area contributed by atoms with Crippen molar-refractivity contribution >= 4 is 0 Å². The number of rotatable bonds is 21. The summed E-state index contributed by atoms with van der Waals surface area (Å²) < 4.78 is 0.